The molecule has 0 saturated heterocycles. The van der Waals surface area contributed by atoms with Crippen LogP contribution >= 0.6 is 0 Å². The molecule has 3 aromatic rings. The third-order valence-electron chi connectivity index (χ3n) is 3.77. The van der Waals surface area contributed by atoms with Gasteiger partial charge in [0.25, 0.3) is 0 Å². The molecule has 3 rings (SSSR count). The Bertz CT molecular complexity index is 774. The average Bonchev–Trinajstić information content (AvgIpc) is 2.85. The largest absolute Gasteiger partial charge is 0.506 e. The average molecular weight is 281 g/mol. The summed E-state index contributed by atoms with van der Waals surface area (Å²) in [6.45, 7) is 5.40. The Morgan fingerprint density at radius 1 is 1.10 bits per heavy atom. The number of hydrogen-bond acceptors (Lipinski definition) is 2. The molecule has 21 heavy (non-hydrogen) atoms. The Labute approximate surface area is 124 Å². The van der Waals surface area contributed by atoms with E-state index < -0.39 is 0 Å². The monoisotopic (exact) mass is 281 g/mol. The molecule has 3 heteroatoms. The zero-order valence-electron chi connectivity index (χ0n) is 12.3. The maximum Gasteiger partial charge on any atom is 0.139 e. The Kier molecular flexibility index (Phi) is 3.57. The number of aryl methyl sites for hydroxylation is 2. The second kappa shape index (κ2) is 5.52. The maximum atomic E-state index is 10.1. The van der Waals surface area contributed by atoms with Gasteiger partial charge in [-0.25, -0.2) is 0 Å². The lowest BCUT2D eigenvalue weighted by atomic mass is 10.2. The topological polar surface area (TPSA) is 34.4 Å². The third kappa shape index (κ3) is 2.47. The summed E-state index contributed by atoms with van der Waals surface area (Å²) >= 11 is 0. The summed E-state index contributed by atoms with van der Waals surface area (Å²) < 4.78 is 8.03. The Balaban J connectivity index is 1.94. The van der Waals surface area contributed by atoms with E-state index in [1.807, 2.05) is 43.3 Å². The predicted molar refractivity (Wildman–Crippen MR) is 84.8 cm³/mol. The van der Waals surface area contributed by atoms with Crippen LogP contribution in [0.25, 0.3) is 10.9 Å². The molecule has 1 heterocycles. The van der Waals surface area contributed by atoms with Gasteiger partial charge in [-0.2, -0.15) is 0 Å². The lowest BCUT2D eigenvalue weighted by molar-refractivity contribution is 0.294. The van der Waals surface area contributed by atoms with Crippen LogP contribution in [-0.2, 0) is 13.2 Å². The lowest BCUT2D eigenvalue weighted by Gasteiger charge is -2.11. The van der Waals surface area contributed by atoms with Crippen molar-refractivity contribution < 1.29 is 9.84 Å². The van der Waals surface area contributed by atoms with Crippen LogP contribution in [0.1, 0.15) is 18.2 Å². The van der Waals surface area contributed by atoms with Gasteiger partial charge in [0.15, 0.2) is 0 Å². The molecule has 1 N–H and O–H groups in total. The number of ether oxygens (including phenoxy) is 1. The molecule has 0 atom stereocenters. The summed E-state index contributed by atoms with van der Waals surface area (Å²) in [7, 11) is 0. The number of phenolic OH excluding ortho intramolecular Hbond substituents is 1. The van der Waals surface area contributed by atoms with Crippen molar-refractivity contribution in [2.24, 2.45) is 0 Å². The van der Waals surface area contributed by atoms with Gasteiger partial charge in [0.05, 0.1) is 11.2 Å². The Morgan fingerprint density at radius 3 is 2.67 bits per heavy atom. The number of aromatic nitrogens is 1. The van der Waals surface area contributed by atoms with Crippen LogP contribution in [0.3, 0.4) is 0 Å². The molecule has 0 fully saturated rings. The molecule has 0 unspecified atom stereocenters. The van der Waals surface area contributed by atoms with Gasteiger partial charge in [0.2, 0.25) is 0 Å². The van der Waals surface area contributed by atoms with Crippen molar-refractivity contribution in [1.82, 2.24) is 4.57 Å². The molecule has 0 aliphatic rings. The molecule has 1 aromatic heterocycles. The molecular weight excluding hydrogens is 262 g/mol. The first-order chi connectivity index (χ1) is 10.2. The summed E-state index contributed by atoms with van der Waals surface area (Å²) in [4.78, 5) is 0. The minimum atomic E-state index is 0.316. The van der Waals surface area contributed by atoms with Crippen molar-refractivity contribution in [3.05, 3.63) is 59.8 Å². The molecule has 0 saturated carbocycles. The SMILES string of the molecule is CCn1c(COc2ccccc2C)cc2cccc(O)c21. The van der Waals surface area contributed by atoms with Gasteiger partial charge in [0.1, 0.15) is 18.1 Å². The van der Waals surface area contributed by atoms with Crippen LogP contribution < -0.4 is 4.74 Å². The summed E-state index contributed by atoms with van der Waals surface area (Å²) in [5.74, 6) is 1.21. The van der Waals surface area contributed by atoms with Crippen LogP contribution in [-0.4, -0.2) is 9.67 Å². The smallest absolute Gasteiger partial charge is 0.139 e. The number of fused-ring (bicyclic) bond motifs is 1. The van der Waals surface area contributed by atoms with E-state index >= 15 is 0 Å². The quantitative estimate of drug-likeness (QED) is 0.775. The van der Waals surface area contributed by atoms with Gasteiger partial charge in [-0.15, -0.1) is 0 Å². The Morgan fingerprint density at radius 2 is 1.90 bits per heavy atom. The predicted octanol–water partition coefficient (Wildman–Crippen LogP) is 4.25. The van der Waals surface area contributed by atoms with Gasteiger partial charge >= 0.3 is 0 Å². The molecule has 3 nitrogen and oxygen atoms in total. The van der Waals surface area contributed by atoms with E-state index in [2.05, 4.69) is 17.6 Å². The maximum absolute atomic E-state index is 10.1. The normalized spacial score (nSPS) is 11.0. The van der Waals surface area contributed by atoms with E-state index in [1.165, 1.54) is 0 Å². The standard InChI is InChI=1S/C18H19NO2/c1-3-19-15(11-14-8-6-9-16(20)18(14)19)12-21-17-10-5-4-7-13(17)2/h4-11,20H,3,12H2,1-2H3. The second-order valence-electron chi connectivity index (χ2n) is 5.15. The molecule has 0 bridgehead atoms. The Hall–Kier alpha value is -2.42. The number of nitrogens with zero attached hydrogens (tertiary/aromatic N) is 1. The number of aromatic hydroxyl groups is 1. The molecule has 0 aliphatic carbocycles. The van der Waals surface area contributed by atoms with E-state index in [9.17, 15) is 5.11 Å². The van der Waals surface area contributed by atoms with Crippen molar-refractivity contribution >= 4 is 10.9 Å². The van der Waals surface area contributed by atoms with Gasteiger partial charge in [-0.05, 0) is 37.6 Å². The van der Waals surface area contributed by atoms with Gasteiger partial charge in [-0.3, -0.25) is 0 Å². The second-order valence-corrected chi connectivity index (χ2v) is 5.15. The zero-order chi connectivity index (χ0) is 14.8. The minimum absolute atomic E-state index is 0.316. The van der Waals surface area contributed by atoms with Crippen LogP contribution in [0.4, 0.5) is 0 Å². The van der Waals surface area contributed by atoms with Crippen molar-refractivity contribution in [2.45, 2.75) is 27.0 Å². The number of phenols is 1. The highest BCUT2D eigenvalue weighted by atomic mass is 16.5. The highest BCUT2D eigenvalue weighted by molar-refractivity contribution is 5.86. The van der Waals surface area contributed by atoms with Gasteiger partial charge in [0, 0.05) is 11.9 Å². The molecule has 108 valence electrons. The molecular formula is C18H19NO2. The number of rotatable bonds is 4. The lowest BCUT2D eigenvalue weighted by Crippen LogP contribution is -2.05. The number of benzene rings is 2. The van der Waals surface area contributed by atoms with Crippen molar-refractivity contribution in [3.8, 4) is 11.5 Å². The van der Waals surface area contributed by atoms with Crippen LogP contribution in [0.2, 0.25) is 0 Å². The van der Waals surface area contributed by atoms with E-state index in [0.29, 0.717) is 12.4 Å². The highest BCUT2D eigenvalue weighted by Gasteiger charge is 2.11. The van der Waals surface area contributed by atoms with E-state index in [1.54, 1.807) is 6.07 Å². The van der Waals surface area contributed by atoms with Crippen LogP contribution in [0.15, 0.2) is 48.5 Å². The van der Waals surface area contributed by atoms with Crippen molar-refractivity contribution in [3.63, 3.8) is 0 Å². The van der Waals surface area contributed by atoms with Crippen molar-refractivity contribution in [2.75, 3.05) is 0 Å². The van der Waals surface area contributed by atoms with Gasteiger partial charge in [-0.1, -0.05) is 30.3 Å². The molecule has 0 radical (unpaired) electrons. The first-order valence-corrected chi connectivity index (χ1v) is 7.19. The van der Waals surface area contributed by atoms with Crippen molar-refractivity contribution in [1.29, 1.82) is 0 Å². The molecule has 0 spiro atoms. The third-order valence-corrected chi connectivity index (χ3v) is 3.77. The molecule has 0 aliphatic heterocycles. The fourth-order valence-electron chi connectivity index (χ4n) is 2.71. The summed E-state index contributed by atoms with van der Waals surface area (Å²) in [5, 5.41) is 11.1. The van der Waals surface area contributed by atoms with E-state index in [0.717, 1.165) is 34.5 Å². The number of hydrogen-bond donors (Lipinski definition) is 1. The first kappa shape index (κ1) is 13.6. The zero-order valence-corrected chi connectivity index (χ0v) is 12.3. The van der Waals surface area contributed by atoms with Crippen LogP contribution in [0.5, 0.6) is 11.5 Å². The minimum Gasteiger partial charge on any atom is -0.506 e. The van der Waals surface area contributed by atoms with E-state index in [4.69, 9.17) is 4.74 Å². The fraction of sp³-hybridized carbons (Fsp3) is 0.222. The highest BCUT2D eigenvalue weighted by Crippen LogP contribution is 2.29. The summed E-state index contributed by atoms with van der Waals surface area (Å²) in [6.07, 6.45) is 0. The summed E-state index contributed by atoms with van der Waals surface area (Å²) in [6, 6.07) is 15.7. The molecule has 0 amide bonds. The fourth-order valence-corrected chi connectivity index (χ4v) is 2.71. The summed E-state index contributed by atoms with van der Waals surface area (Å²) in [5.41, 5.74) is 3.07. The van der Waals surface area contributed by atoms with Gasteiger partial charge < -0.3 is 14.4 Å². The van der Waals surface area contributed by atoms with Crippen LogP contribution in [0, 0.1) is 6.92 Å². The van der Waals surface area contributed by atoms with E-state index in [-0.39, 0.29) is 0 Å². The number of para-hydroxylation sites is 2. The first-order valence-electron chi connectivity index (χ1n) is 7.19. The molecule has 2 aromatic carbocycles.